The number of carbonyl (C=O) groups excluding carboxylic acids is 2. The van der Waals surface area contributed by atoms with Crippen LogP contribution in [-0.2, 0) is 29.1 Å². The van der Waals surface area contributed by atoms with Crippen LogP contribution >= 0.6 is 23.2 Å². The minimum absolute atomic E-state index is 0.0916. The zero-order valence-corrected chi connectivity index (χ0v) is 28.8. The van der Waals surface area contributed by atoms with Gasteiger partial charge in [0.1, 0.15) is 5.82 Å². The quantitative estimate of drug-likeness (QED) is 0.174. The second-order valence-corrected chi connectivity index (χ2v) is 13.8. The molecule has 2 unspecified atom stereocenters. The average molecular weight is 703 g/mol. The van der Waals surface area contributed by atoms with Gasteiger partial charge in [0.25, 0.3) is 0 Å². The van der Waals surface area contributed by atoms with Crippen LogP contribution in [0.2, 0.25) is 10.0 Å². The Morgan fingerprint density at radius 2 is 1.57 bits per heavy atom. The zero-order valence-electron chi connectivity index (χ0n) is 27.3. The van der Waals surface area contributed by atoms with E-state index in [0.29, 0.717) is 59.7 Å². The highest BCUT2D eigenvalue weighted by Gasteiger charge is 2.27. The number of hydrogen-bond donors (Lipinski definition) is 3. The highest BCUT2D eigenvalue weighted by atomic mass is 35.5. The van der Waals surface area contributed by atoms with Crippen molar-refractivity contribution in [3.63, 3.8) is 0 Å². The Morgan fingerprint density at radius 1 is 0.898 bits per heavy atom. The van der Waals surface area contributed by atoms with E-state index in [2.05, 4.69) is 20.9 Å². The fourth-order valence-electron chi connectivity index (χ4n) is 7.15. The monoisotopic (exact) mass is 701 g/mol. The molecule has 2 fully saturated rings. The van der Waals surface area contributed by atoms with Crippen molar-refractivity contribution >= 4 is 35.0 Å². The molecule has 8 nitrogen and oxygen atoms in total. The Hall–Kier alpha value is -4.02. The number of nitrogens with one attached hydrogen (secondary N) is 3. The third kappa shape index (κ3) is 7.17. The molecule has 254 valence electrons. The van der Waals surface area contributed by atoms with Crippen molar-refractivity contribution in [2.24, 2.45) is 0 Å². The summed E-state index contributed by atoms with van der Waals surface area (Å²) >= 11 is 14.2. The van der Waals surface area contributed by atoms with Gasteiger partial charge in [-0.2, -0.15) is 0 Å². The molecule has 3 N–H and O–H groups in total. The second kappa shape index (κ2) is 14.5. The highest BCUT2D eigenvalue weighted by Crippen LogP contribution is 2.43. The normalized spacial score (nSPS) is 19.1. The van der Waals surface area contributed by atoms with Crippen LogP contribution < -0.4 is 20.7 Å². The molecule has 2 atom stereocenters. The van der Waals surface area contributed by atoms with Gasteiger partial charge in [-0.15, -0.1) is 0 Å². The minimum atomic E-state index is -0.252. The van der Waals surface area contributed by atoms with Crippen LogP contribution in [-0.4, -0.2) is 60.5 Å². The highest BCUT2D eigenvalue weighted by molar-refractivity contribution is 6.39. The second-order valence-electron chi connectivity index (χ2n) is 13.0. The molecule has 11 heteroatoms. The van der Waals surface area contributed by atoms with Crippen molar-refractivity contribution < 1.29 is 18.7 Å². The Bertz CT molecular complexity index is 1920. The number of halogens is 3. The van der Waals surface area contributed by atoms with Crippen molar-refractivity contribution in [1.29, 1.82) is 0 Å². The van der Waals surface area contributed by atoms with Crippen LogP contribution in [0.5, 0.6) is 5.88 Å². The summed E-state index contributed by atoms with van der Waals surface area (Å²) in [6, 6.07) is 19.2. The molecular weight excluding hydrogens is 664 g/mol. The third-order valence-corrected chi connectivity index (χ3v) is 10.5. The number of methoxy groups -OCH3 is 1. The van der Waals surface area contributed by atoms with Crippen LogP contribution in [0.25, 0.3) is 33.5 Å². The lowest BCUT2D eigenvalue weighted by Gasteiger charge is -2.31. The van der Waals surface area contributed by atoms with Crippen molar-refractivity contribution in [3.05, 3.63) is 93.2 Å². The number of aromatic nitrogens is 1. The number of rotatable bonds is 10. The van der Waals surface area contributed by atoms with Gasteiger partial charge in [-0.25, -0.2) is 9.37 Å². The Balaban J connectivity index is 1.11. The minimum Gasteiger partial charge on any atom is -0.481 e. The summed E-state index contributed by atoms with van der Waals surface area (Å²) in [7, 11) is 1.59. The molecule has 4 heterocycles. The van der Waals surface area contributed by atoms with Crippen molar-refractivity contribution in [3.8, 4) is 39.4 Å². The van der Waals surface area contributed by atoms with Gasteiger partial charge in [-0.1, -0.05) is 71.7 Å². The van der Waals surface area contributed by atoms with Crippen LogP contribution in [0.3, 0.4) is 0 Å². The Labute approximate surface area is 295 Å². The molecule has 3 aliphatic rings. The lowest BCUT2D eigenvalue weighted by atomic mass is 9.92. The van der Waals surface area contributed by atoms with Gasteiger partial charge in [-0.3, -0.25) is 14.5 Å². The predicted molar refractivity (Wildman–Crippen MR) is 190 cm³/mol. The average Bonchev–Trinajstić information content (AvgIpc) is 3.72. The van der Waals surface area contributed by atoms with Crippen molar-refractivity contribution in [2.75, 3.05) is 26.7 Å². The van der Waals surface area contributed by atoms with Gasteiger partial charge in [-0.05, 0) is 42.5 Å². The van der Waals surface area contributed by atoms with Crippen LogP contribution in [0.15, 0.2) is 60.7 Å². The number of hydrogen-bond acceptors (Lipinski definition) is 6. The van der Waals surface area contributed by atoms with Gasteiger partial charge in [0.05, 0.1) is 22.8 Å². The Morgan fingerprint density at radius 3 is 2.27 bits per heavy atom. The number of nitrogens with zero attached hydrogens (tertiary/aromatic N) is 2. The molecule has 0 bridgehead atoms. The summed E-state index contributed by atoms with van der Waals surface area (Å²) in [5.41, 5.74) is 6.89. The smallest absolute Gasteiger partial charge is 0.220 e. The first-order chi connectivity index (χ1) is 23.8. The number of benzene rings is 3. The first-order valence-corrected chi connectivity index (χ1v) is 17.5. The SMILES string of the molecule is COc1nc(-c2cccc(-c3cccc(-c4cc(F)c5c(c4)CCN(CC4CCC(=O)N4)C5)c3Cl)c2Cl)ccc1CNCC1CCC(=O)N1. The summed E-state index contributed by atoms with van der Waals surface area (Å²) in [5, 5.41) is 10.4. The van der Waals surface area contributed by atoms with E-state index < -0.39 is 0 Å². The summed E-state index contributed by atoms with van der Waals surface area (Å²) < 4.78 is 21.3. The fourth-order valence-corrected chi connectivity index (χ4v) is 7.82. The third-order valence-electron chi connectivity index (χ3n) is 9.73. The topological polar surface area (TPSA) is 95.6 Å². The van der Waals surface area contributed by atoms with Gasteiger partial charge < -0.3 is 20.7 Å². The molecule has 2 amide bonds. The molecule has 2 saturated heterocycles. The molecule has 4 aromatic rings. The molecule has 1 aromatic heterocycles. The number of carbonyl (C=O) groups is 2. The van der Waals surface area contributed by atoms with E-state index >= 15 is 4.39 Å². The number of ether oxygens (including phenoxy) is 1. The zero-order chi connectivity index (χ0) is 34.1. The molecular formula is C38H38Cl2FN5O3. The van der Waals surface area contributed by atoms with Crippen LogP contribution in [0.1, 0.15) is 42.4 Å². The van der Waals surface area contributed by atoms with Crippen molar-refractivity contribution in [1.82, 2.24) is 25.8 Å². The molecule has 0 aliphatic carbocycles. The maximum absolute atomic E-state index is 15.7. The van der Waals surface area contributed by atoms with E-state index in [9.17, 15) is 9.59 Å². The molecule has 3 aromatic carbocycles. The van der Waals surface area contributed by atoms with E-state index in [0.717, 1.165) is 71.3 Å². The molecule has 7 rings (SSSR count). The summed E-state index contributed by atoms with van der Waals surface area (Å²) in [6.45, 7) is 3.26. The predicted octanol–water partition coefficient (Wildman–Crippen LogP) is 6.54. The van der Waals surface area contributed by atoms with Crippen molar-refractivity contribution in [2.45, 2.75) is 57.3 Å². The molecule has 49 heavy (non-hydrogen) atoms. The summed E-state index contributed by atoms with van der Waals surface area (Å²) in [5.74, 6) is 0.424. The lowest BCUT2D eigenvalue weighted by Crippen LogP contribution is -2.41. The van der Waals surface area contributed by atoms with Crippen LogP contribution in [0, 0.1) is 5.82 Å². The summed E-state index contributed by atoms with van der Waals surface area (Å²) in [4.78, 5) is 30.1. The number of amides is 2. The van der Waals surface area contributed by atoms with Gasteiger partial charge in [0, 0.05) is 91.0 Å². The standard InChI is InChI=1S/C38H38Cl2FN5O3/c1-49-38-23(18-42-19-25-9-12-34(47)43-25)8-11-33(45-38)30-7-3-6-29(37(30)40)28-5-2-4-27(36(28)39)24-16-22-14-15-46(21-31(22)32(41)17-24)20-26-10-13-35(48)44-26/h2-8,11,16-17,25-26,42H,9-10,12-15,18-21H2,1H3,(H,43,47)(H,44,48). The molecule has 0 saturated carbocycles. The lowest BCUT2D eigenvalue weighted by molar-refractivity contribution is -0.120. The molecule has 0 spiro atoms. The van der Waals surface area contributed by atoms with Gasteiger partial charge in [0.2, 0.25) is 17.7 Å². The number of fused-ring (bicyclic) bond motifs is 1. The van der Waals surface area contributed by atoms with Crippen LogP contribution in [0.4, 0.5) is 4.39 Å². The van der Waals surface area contributed by atoms with E-state index in [1.165, 1.54) is 0 Å². The molecule has 3 aliphatic heterocycles. The Kier molecular flexibility index (Phi) is 9.87. The maximum atomic E-state index is 15.7. The fraction of sp³-hybridized carbons (Fsp3) is 0.342. The first-order valence-electron chi connectivity index (χ1n) is 16.7. The van der Waals surface area contributed by atoms with Gasteiger partial charge in [0.15, 0.2) is 0 Å². The van der Waals surface area contributed by atoms with E-state index in [4.69, 9.17) is 32.9 Å². The molecule has 0 radical (unpaired) electrons. The number of pyridine rings is 1. The van der Waals surface area contributed by atoms with E-state index in [1.807, 2.05) is 54.6 Å². The van der Waals surface area contributed by atoms with E-state index in [-0.39, 0.29) is 29.7 Å². The summed E-state index contributed by atoms with van der Waals surface area (Å²) in [6.07, 6.45) is 3.50. The first kappa shape index (κ1) is 33.5. The van der Waals surface area contributed by atoms with E-state index in [1.54, 1.807) is 13.2 Å². The maximum Gasteiger partial charge on any atom is 0.220 e. The largest absolute Gasteiger partial charge is 0.481 e. The van der Waals surface area contributed by atoms with Gasteiger partial charge >= 0.3 is 0 Å².